The van der Waals surface area contributed by atoms with Gasteiger partial charge in [0.2, 0.25) is 6.29 Å². The van der Waals surface area contributed by atoms with Crippen LogP contribution in [-0.4, -0.2) is 85.5 Å². The van der Waals surface area contributed by atoms with Crippen LogP contribution in [0.3, 0.4) is 0 Å². The highest BCUT2D eigenvalue weighted by molar-refractivity contribution is 8.13. The SMILES string of the molecule is CCSC(=O)NC(=N)c1cccc(-n2nc(C(F)(F)F)cc2C(=O)Nc2cc(C(NCC3CC3)c3ccc(CC(=O)OC(C)OC(=O)NC(=N)c4cccc(-n5nc(C(F)(F)F)cc5C(=O)Nc5cc(C(NCC6CC6)c6ccccc6)ccc5F)c4)cc3)ccc2F)c1. The zero-order valence-corrected chi connectivity index (χ0v) is 50.9. The van der Waals surface area contributed by atoms with Gasteiger partial charge in [-0.15, -0.1) is 0 Å². The number of carbonyl (C=O) groups excluding carboxylic acids is 5. The highest BCUT2D eigenvalue weighted by Gasteiger charge is 2.38. The number of esters is 1. The molecule has 94 heavy (non-hydrogen) atoms. The summed E-state index contributed by atoms with van der Waals surface area (Å²) in [5.41, 5.74) is -2.05. The van der Waals surface area contributed by atoms with Gasteiger partial charge in [-0.1, -0.05) is 110 Å². The van der Waals surface area contributed by atoms with Crippen molar-refractivity contribution in [3.8, 4) is 11.4 Å². The van der Waals surface area contributed by atoms with Crippen LogP contribution in [0, 0.1) is 34.3 Å². The van der Waals surface area contributed by atoms with Gasteiger partial charge in [0, 0.05) is 30.2 Å². The van der Waals surface area contributed by atoms with Gasteiger partial charge in [0.05, 0.1) is 41.3 Å². The first-order valence-corrected chi connectivity index (χ1v) is 30.5. The summed E-state index contributed by atoms with van der Waals surface area (Å²) in [6.07, 6.45) is -9.06. The van der Waals surface area contributed by atoms with Crippen molar-refractivity contribution in [1.82, 2.24) is 40.8 Å². The maximum Gasteiger partial charge on any atom is 0.435 e. The number of anilines is 2. The van der Waals surface area contributed by atoms with Crippen LogP contribution in [0.2, 0.25) is 0 Å². The smallest absolute Gasteiger partial charge is 0.425 e. The number of amidine groups is 2. The number of benzene rings is 6. The molecule has 0 saturated heterocycles. The average molecular weight is 1320 g/mol. The van der Waals surface area contributed by atoms with Crippen LogP contribution in [0.15, 0.2) is 152 Å². The van der Waals surface area contributed by atoms with Gasteiger partial charge in [-0.2, -0.15) is 36.5 Å². The second-order valence-electron chi connectivity index (χ2n) is 22.2. The molecule has 2 fully saturated rings. The zero-order valence-electron chi connectivity index (χ0n) is 50.1. The van der Waals surface area contributed by atoms with Crippen molar-refractivity contribution < 1.29 is 68.6 Å². The van der Waals surface area contributed by atoms with E-state index < -0.39 is 100 Å². The molecule has 2 aromatic heterocycles. The standard InChI is InChI=1S/C66H60F8N12O7S/c1-3-94-64(91)82-60(76)45-12-8-14-47(29-45)86-53(33-55(84-86)66(72,73)74)62(89)80-51-31-43(24-26-49(51)68)58(78-35-39-17-18-39)41-21-19-37(20-22-41)27-56(87)92-36(2)93-63(90)81-59(75)44-11-7-13-46(28-44)85-52(32-54(83-85)65(69,70)71)61(88)79-50-30-42(23-25-48(50)67)57(77-34-38-15-16-38)40-9-5-4-6-10-40/h4-14,19-26,28-33,36,38-39,57-58,77-78H,3,15-18,27,34-35H2,1-2H3,(H,79,88)(H,80,89)(H2,75,81,90)(H2,76,82,91). The molecule has 3 atom stereocenters. The first-order valence-electron chi connectivity index (χ1n) is 29.5. The van der Waals surface area contributed by atoms with E-state index in [1.54, 1.807) is 37.3 Å². The Hall–Kier alpha value is -10.1. The molecular weight excluding hydrogens is 1260 g/mol. The van der Waals surface area contributed by atoms with Gasteiger partial charge < -0.3 is 36.1 Å². The third-order valence-corrected chi connectivity index (χ3v) is 15.7. The van der Waals surface area contributed by atoms with E-state index in [0.717, 1.165) is 55.1 Å². The fourth-order valence-electron chi connectivity index (χ4n) is 10.0. The number of amides is 4. The molecule has 0 bridgehead atoms. The Morgan fingerprint density at radius 2 is 1.03 bits per heavy atom. The van der Waals surface area contributed by atoms with Crippen LogP contribution in [0.25, 0.3) is 11.4 Å². The molecule has 19 nitrogen and oxygen atoms in total. The van der Waals surface area contributed by atoms with E-state index in [1.165, 1.54) is 73.7 Å². The third-order valence-electron chi connectivity index (χ3n) is 15.1. The summed E-state index contributed by atoms with van der Waals surface area (Å²) in [6.45, 7) is 4.20. The first-order chi connectivity index (χ1) is 44.9. The Balaban J connectivity index is 0.768. The van der Waals surface area contributed by atoms with Crippen LogP contribution in [0.4, 0.5) is 56.1 Å². The molecule has 488 valence electrons. The molecule has 0 spiro atoms. The number of aromatic nitrogens is 4. The molecule has 2 aliphatic carbocycles. The number of ether oxygens (including phenoxy) is 2. The Labute approximate surface area is 536 Å². The van der Waals surface area contributed by atoms with Crippen LogP contribution in [0.1, 0.15) is 123 Å². The Morgan fingerprint density at radius 1 is 0.574 bits per heavy atom. The molecule has 0 aliphatic heterocycles. The molecule has 0 radical (unpaired) electrons. The Bertz CT molecular complexity index is 4160. The maximum absolute atomic E-state index is 15.6. The molecular formula is C66H60F8N12O7S. The zero-order chi connectivity index (χ0) is 67.0. The summed E-state index contributed by atoms with van der Waals surface area (Å²) < 4.78 is 128. The van der Waals surface area contributed by atoms with E-state index >= 15 is 8.78 Å². The molecule has 10 rings (SSSR count). The summed E-state index contributed by atoms with van der Waals surface area (Å²) in [7, 11) is 0. The summed E-state index contributed by atoms with van der Waals surface area (Å²) in [5, 5.41) is 40.0. The van der Waals surface area contributed by atoms with Crippen molar-refractivity contribution >= 4 is 63.9 Å². The van der Waals surface area contributed by atoms with Gasteiger partial charge >= 0.3 is 24.4 Å². The van der Waals surface area contributed by atoms with E-state index in [0.29, 0.717) is 74.4 Å². The quantitative estimate of drug-likeness (QED) is 0.00978. The van der Waals surface area contributed by atoms with Gasteiger partial charge in [0.25, 0.3) is 17.1 Å². The Kier molecular flexibility index (Phi) is 20.5. The van der Waals surface area contributed by atoms with Crippen molar-refractivity contribution in [1.29, 1.82) is 10.8 Å². The number of thioether (sulfide) groups is 1. The highest BCUT2D eigenvalue weighted by atomic mass is 32.2. The third kappa shape index (κ3) is 17.1. The highest BCUT2D eigenvalue weighted by Crippen LogP contribution is 2.36. The molecule has 8 N–H and O–H groups in total. The van der Waals surface area contributed by atoms with Gasteiger partial charge in [-0.3, -0.25) is 35.3 Å². The van der Waals surface area contributed by atoms with Crippen LogP contribution in [0.5, 0.6) is 0 Å². The largest absolute Gasteiger partial charge is 0.435 e. The number of nitrogens with one attached hydrogen (secondary N) is 8. The molecule has 2 aliphatic rings. The number of carbonyl (C=O) groups is 5. The topological polar surface area (TPSA) is 259 Å². The van der Waals surface area contributed by atoms with Gasteiger partial charge in [-0.25, -0.2) is 22.9 Å². The minimum absolute atomic E-state index is 0.0712. The van der Waals surface area contributed by atoms with Gasteiger partial charge in [0.15, 0.2) is 11.4 Å². The normalized spacial score (nSPS) is 14.1. The van der Waals surface area contributed by atoms with Crippen molar-refractivity contribution in [2.24, 2.45) is 11.8 Å². The first kappa shape index (κ1) is 66.8. The lowest BCUT2D eigenvalue weighted by Crippen LogP contribution is -2.34. The lowest BCUT2D eigenvalue weighted by atomic mass is 9.96. The fourth-order valence-corrected chi connectivity index (χ4v) is 10.4. The number of nitrogens with zero attached hydrogens (tertiary/aromatic N) is 4. The van der Waals surface area contributed by atoms with Crippen LogP contribution >= 0.6 is 11.8 Å². The summed E-state index contributed by atoms with van der Waals surface area (Å²) >= 11 is 0.905. The van der Waals surface area contributed by atoms with E-state index in [2.05, 4.69) is 42.1 Å². The number of halogens is 8. The van der Waals surface area contributed by atoms with Crippen molar-refractivity contribution in [2.75, 3.05) is 29.5 Å². The van der Waals surface area contributed by atoms with Crippen LogP contribution in [-0.2, 0) is 33.0 Å². The summed E-state index contributed by atoms with van der Waals surface area (Å²) in [4.78, 5) is 66.2. The summed E-state index contributed by atoms with van der Waals surface area (Å²) in [5.74, 6) is -4.61. The van der Waals surface area contributed by atoms with Crippen molar-refractivity contribution in [2.45, 2.75) is 76.7 Å². The van der Waals surface area contributed by atoms with E-state index in [-0.39, 0.29) is 46.1 Å². The molecule has 8 aromatic rings. The summed E-state index contributed by atoms with van der Waals surface area (Å²) in [6, 6.07) is 34.5. The van der Waals surface area contributed by atoms with Gasteiger partial charge in [-0.05, 0) is 133 Å². The Morgan fingerprint density at radius 3 is 1.49 bits per heavy atom. The molecule has 2 saturated carbocycles. The van der Waals surface area contributed by atoms with E-state index in [9.17, 15) is 50.3 Å². The van der Waals surface area contributed by atoms with E-state index in [1.807, 2.05) is 30.3 Å². The van der Waals surface area contributed by atoms with Gasteiger partial charge in [0.1, 0.15) is 34.7 Å². The fraction of sp³-hybridized carbons (Fsp3) is 0.258. The monoisotopic (exact) mass is 1320 g/mol. The van der Waals surface area contributed by atoms with Crippen molar-refractivity contribution in [3.05, 3.63) is 225 Å². The number of hydrogen-bond acceptors (Lipinski definition) is 14. The predicted molar refractivity (Wildman–Crippen MR) is 333 cm³/mol. The number of alkyl carbamates (subject to hydrolysis) is 1. The maximum atomic E-state index is 15.6. The molecule has 3 unspecified atom stereocenters. The minimum Gasteiger partial charge on any atom is -0.425 e. The minimum atomic E-state index is -5.02. The molecule has 6 aromatic carbocycles. The van der Waals surface area contributed by atoms with Crippen LogP contribution < -0.4 is 31.9 Å². The molecule has 2 heterocycles. The molecule has 4 amide bonds. The predicted octanol–water partition coefficient (Wildman–Crippen LogP) is 13.0. The number of rotatable bonds is 23. The lowest BCUT2D eigenvalue weighted by Gasteiger charge is -2.21. The van der Waals surface area contributed by atoms with Crippen molar-refractivity contribution in [3.63, 3.8) is 0 Å². The van der Waals surface area contributed by atoms with E-state index in [4.69, 9.17) is 20.3 Å². The number of hydrogen-bond donors (Lipinski definition) is 8. The second kappa shape index (κ2) is 28.8. The average Bonchev–Trinajstić information content (AvgIpc) is 1.55. The molecule has 28 heteroatoms. The second-order valence-corrected chi connectivity index (χ2v) is 23.5. The number of alkyl halides is 6. The lowest BCUT2D eigenvalue weighted by molar-refractivity contribution is -0.163.